The van der Waals surface area contributed by atoms with Gasteiger partial charge in [0, 0.05) is 32.6 Å². The number of hydrogen-bond acceptors (Lipinski definition) is 6. The van der Waals surface area contributed by atoms with E-state index in [4.69, 9.17) is 19.2 Å². The highest BCUT2D eigenvalue weighted by molar-refractivity contribution is 7.09. The fourth-order valence-electron chi connectivity index (χ4n) is 3.01. The number of aromatic nitrogens is 1. The molecule has 0 fully saturated rings. The number of aliphatic imine (C=N–C) groups is 1. The van der Waals surface area contributed by atoms with Crippen LogP contribution >= 0.6 is 11.3 Å². The molecule has 0 aliphatic carbocycles. The lowest BCUT2D eigenvalue weighted by molar-refractivity contribution is 0.119. The van der Waals surface area contributed by atoms with Crippen molar-refractivity contribution in [3.63, 3.8) is 0 Å². The Morgan fingerprint density at radius 2 is 1.94 bits per heavy atom. The van der Waals surface area contributed by atoms with Gasteiger partial charge in [0.1, 0.15) is 11.1 Å². The molecule has 31 heavy (non-hydrogen) atoms. The molecule has 172 valence electrons. The summed E-state index contributed by atoms with van der Waals surface area (Å²) in [5, 5.41) is 6.45. The normalized spacial score (nSPS) is 12.5. The number of nitrogens with one attached hydrogen (secondary N) is 1. The van der Waals surface area contributed by atoms with Crippen LogP contribution in [-0.4, -0.2) is 56.3 Å². The molecule has 7 nitrogen and oxygen atoms in total. The van der Waals surface area contributed by atoms with Crippen LogP contribution in [0.5, 0.6) is 11.5 Å². The van der Waals surface area contributed by atoms with Crippen molar-refractivity contribution < 1.29 is 14.2 Å². The molecule has 1 heterocycles. The molecule has 1 atom stereocenters. The molecule has 1 unspecified atom stereocenters. The molecular formula is C23H36N4O3S. The Morgan fingerprint density at radius 3 is 2.61 bits per heavy atom. The maximum atomic E-state index is 5.73. The first-order valence-electron chi connectivity index (χ1n) is 10.9. The van der Waals surface area contributed by atoms with E-state index in [1.54, 1.807) is 18.4 Å². The van der Waals surface area contributed by atoms with Gasteiger partial charge in [0.2, 0.25) is 0 Å². The first-order valence-corrected chi connectivity index (χ1v) is 11.7. The van der Waals surface area contributed by atoms with Gasteiger partial charge in [-0.1, -0.05) is 6.07 Å². The van der Waals surface area contributed by atoms with Crippen LogP contribution in [0.1, 0.15) is 50.1 Å². The van der Waals surface area contributed by atoms with E-state index in [-0.39, 0.29) is 6.10 Å². The van der Waals surface area contributed by atoms with Gasteiger partial charge in [-0.15, -0.1) is 11.3 Å². The van der Waals surface area contributed by atoms with Gasteiger partial charge in [0.15, 0.2) is 17.5 Å². The average Bonchev–Trinajstić information content (AvgIpc) is 3.23. The molecule has 0 amide bonds. The Morgan fingerprint density at radius 1 is 1.19 bits per heavy atom. The second-order valence-corrected chi connectivity index (χ2v) is 7.93. The van der Waals surface area contributed by atoms with Crippen LogP contribution in [0.15, 0.2) is 28.6 Å². The van der Waals surface area contributed by atoms with E-state index in [9.17, 15) is 0 Å². The summed E-state index contributed by atoms with van der Waals surface area (Å²) in [6.45, 7) is 11.4. The Kier molecular flexibility index (Phi) is 10.6. The smallest absolute Gasteiger partial charge is 0.194 e. The lowest BCUT2D eigenvalue weighted by atomic mass is 10.1. The zero-order valence-electron chi connectivity index (χ0n) is 19.6. The third kappa shape index (κ3) is 7.70. The quantitative estimate of drug-likeness (QED) is 0.386. The summed E-state index contributed by atoms with van der Waals surface area (Å²) >= 11 is 1.63. The molecule has 1 aromatic carbocycles. The maximum absolute atomic E-state index is 5.73. The molecule has 0 saturated carbocycles. The van der Waals surface area contributed by atoms with Crippen molar-refractivity contribution in [2.75, 3.05) is 40.5 Å². The first-order chi connectivity index (χ1) is 15.0. The largest absolute Gasteiger partial charge is 0.490 e. The first kappa shape index (κ1) is 24.9. The molecule has 1 aromatic heterocycles. The van der Waals surface area contributed by atoms with Crippen molar-refractivity contribution in [1.82, 2.24) is 15.2 Å². The standard InChI is InChI=1S/C23H36N4O3S/c1-7-24-23(27(5)15-19-16-31-22(26-19)17(4)28-6)25-13-12-18-10-11-20(29-8-2)21(14-18)30-9-3/h10-11,14,16-17H,7-9,12-13,15H2,1-6H3,(H,24,25). The van der Waals surface area contributed by atoms with Gasteiger partial charge in [0.25, 0.3) is 0 Å². The van der Waals surface area contributed by atoms with E-state index >= 15 is 0 Å². The summed E-state index contributed by atoms with van der Waals surface area (Å²) in [5.41, 5.74) is 2.19. The summed E-state index contributed by atoms with van der Waals surface area (Å²) in [6, 6.07) is 6.10. The summed E-state index contributed by atoms with van der Waals surface area (Å²) < 4.78 is 16.7. The summed E-state index contributed by atoms with van der Waals surface area (Å²) in [4.78, 5) is 11.6. The van der Waals surface area contributed by atoms with Gasteiger partial charge in [-0.2, -0.15) is 0 Å². The highest BCUT2D eigenvalue weighted by atomic mass is 32.1. The SMILES string of the molecule is CCNC(=NCCc1ccc(OCC)c(OCC)c1)N(C)Cc1csc(C(C)OC)n1. The van der Waals surface area contributed by atoms with Crippen LogP contribution in [-0.2, 0) is 17.7 Å². The van der Waals surface area contributed by atoms with Gasteiger partial charge in [-0.25, -0.2) is 4.98 Å². The van der Waals surface area contributed by atoms with E-state index in [1.165, 1.54) is 5.56 Å². The molecule has 0 saturated heterocycles. The van der Waals surface area contributed by atoms with Crippen molar-refractivity contribution in [2.24, 2.45) is 4.99 Å². The predicted molar refractivity (Wildman–Crippen MR) is 127 cm³/mol. The zero-order chi connectivity index (χ0) is 22.6. The number of hydrogen-bond donors (Lipinski definition) is 1. The summed E-state index contributed by atoms with van der Waals surface area (Å²) in [5.74, 6) is 2.45. The third-order valence-corrected chi connectivity index (χ3v) is 5.69. The van der Waals surface area contributed by atoms with Gasteiger partial charge < -0.3 is 24.4 Å². The molecule has 0 aliphatic rings. The molecule has 8 heteroatoms. The van der Waals surface area contributed by atoms with Crippen LogP contribution in [0, 0.1) is 0 Å². The number of guanidine groups is 1. The van der Waals surface area contributed by atoms with Crippen molar-refractivity contribution in [3.8, 4) is 11.5 Å². The number of benzene rings is 1. The van der Waals surface area contributed by atoms with E-state index in [1.807, 2.05) is 33.9 Å². The van der Waals surface area contributed by atoms with Gasteiger partial charge >= 0.3 is 0 Å². The molecule has 1 N–H and O–H groups in total. The molecule has 2 rings (SSSR count). The van der Waals surface area contributed by atoms with Crippen molar-refractivity contribution in [2.45, 2.75) is 46.8 Å². The van der Waals surface area contributed by atoms with Crippen LogP contribution in [0.25, 0.3) is 0 Å². The fraction of sp³-hybridized carbons (Fsp3) is 0.565. The minimum atomic E-state index is 0.0154. The lowest BCUT2D eigenvalue weighted by Crippen LogP contribution is -2.38. The predicted octanol–water partition coefficient (Wildman–Crippen LogP) is 4.29. The highest BCUT2D eigenvalue weighted by Gasteiger charge is 2.13. The van der Waals surface area contributed by atoms with E-state index in [0.29, 0.717) is 26.3 Å². The highest BCUT2D eigenvalue weighted by Crippen LogP contribution is 2.28. The Bertz CT molecular complexity index is 825. The van der Waals surface area contributed by atoms with Crippen LogP contribution in [0.4, 0.5) is 0 Å². The maximum Gasteiger partial charge on any atom is 0.194 e. The number of ether oxygens (including phenoxy) is 3. The Balaban J connectivity index is 2.01. The molecule has 2 aromatic rings. The number of thiazole rings is 1. The zero-order valence-corrected chi connectivity index (χ0v) is 20.4. The Labute approximate surface area is 190 Å². The number of methoxy groups -OCH3 is 1. The second kappa shape index (κ2) is 13.2. The monoisotopic (exact) mass is 448 g/mol. The van der Waals surface area contributed by atoms with E-state index < -0.39 is 0 Å². The van der Waals surface area contributed by atoms with Crippen LogP contribution in [0.3, 0.4) is 0 Å². The second-order valence-electron chi connectivity index (χ2n) is 7.04. The molecule has 0 radical (unpaired) electrons. The van der Waals surface area contributed by atoms with Crippen LogP contribution in [0.2, 0.25) is 0 Å². The molecule has 0 spiro atoms. The summed E-state index contributed by atoms with van der Waals surface area (Å²) in [7, 11) is 3.74. The minimum Gasteiger partial charge on any atom is -0.490 e. The van der Waals surface area contributed by atoms with Crippen molar-refractivity contribution >= 4 is 17.3 Å². The fourth-order valence-corrected chi connectivity index (χ4v) is 3.85. The number of rotatable bonds is 12. The van der Waals surface area contributed by atoms with Crippen molar-refractivity contribution in [1.29, 1.82) is 0 Å². The van der Waals surface area contributed by atoms with Gasteiger partial charge in [-0.3, -0.25) is 4.99 Å². The Hall–Kier alpha value is -2.32. The molecule has 0 aliphatic heterocycles. The average molecular weight is 449 g/mol. The minimum absolute atomic E-state index is 0.0154. The van der Waals surface area contributed by atoms with Crippen LogP contribution < -0.4 is 14.8 Å². The summed E-state index contributed by atoms with van der Waals surface area (Å²) in [6.07, 6.45) is 0.836. The van der Waals surface area contributed by atoms with E-state index in [0.717, 1.165) is 41.1 Å². The van der Waals surface area contributed by atoms with E-state index in [2.05, 4.69) is 39.6 Å². The van der Waals surface area contributed by atoms with Gasteiger partial charge in [0.05, 0.1) is 25.5 Å². The molecular weight excluding hydrogens is 412 g/mol. The topological polar surface area (TPSA) is 68.2 Å². The van der Waals surface area contributed by atoms with Crippen molar-refractivity contribution in [3.05, 3.63) is 39.8 Å². The molecule has 0 bridgehead atoms. The lowest BCUT2D eigenvalue weighted by Gasteiger charge is -2.21. The van der Waals surface area contributed by atoms with Gasteiger partial charge in [-0.05, 0) is 51.8 Å². The number of nitrogens with zero attached hydrogens (tertiary/aromatic N) is 3. The third-order valence-electron chi connectivity index (χ3n) is 4.64.